The summed E-state index contributed by atoms with van der Waals surface area (Å²) in [6.45, 7) is 0.459. The second kappa shape index (κ2) is 5.70. The Balaban J connectivity index is 2.19. The molecule has 0 fully saturated rings. The number of nitrogens with zero attached hydrogens (tertiary/aromatic N) is 3. The minimum atomic E-state index is -0.105. The molecule has 1 heterocycles. The maximum absolute atomic E-state index is 11.2. The molecule has 0 saturated carbocycles. The maximum atomic E-state index is 11.2. The summed E-state index contributed by atoms with van der Waals surface area (Å²) in [5.41, 5.74) is 9.05. The summed E-state index contributed by atoms with van der Waals surface area (Å²) in [5.74, 6) is 0. The Hall–Kier alpha value is -2.52. The molecule has 0 aliphatic rings. The van der Waals surface area contributed by atoms with Gasteiger partial charge in [-0.3, -0.25) is 4.79 Å². The van der Waals surface area contributed by atoms with E-state index < -0.39 is 0 Å². The Morgan fingerprint density at radius 2 is 2.22 bits per heavy atom. The molecule has 0 saturated heterocycles. The van der Waals surface area contributed by atoms with Crippen LogP contribution in [0.2, 0.25) is 0 Å². The van der Waals surface area contributed by atoms with Gasteiger partial charge in [-0.05, 0) is 34.4 Å². The zero-order valence-electron chi connectivity index (χ0n) is 9.71. The van der Waals surface area contributed by atoms with E-state index in [4.69, 9.17) is 5.53 Å². The van der Waals surface area contributed by atoms with Crippen LogP contribution in [0.15, 0.2) is 46.4 Å². The van der Waals surface area contributed by atoms with Crippen molar-refractivity contribution in [3.8, 4) is 0 Å². The average Bonchev–Trinajstić information content (AvgIpc) is 2.38. The predicted molar refractivity (Wildman–Crippen MR) is 72.2 cm³/mol. The van der Waals surface area contributed by atoms with Gasteiger partial charge in [-0.2, -0.15) is 0 Å². The molecular weight excluding hydrogens is 228 g/mol. The SMILES string of the molecule is [N-]=[N+]=NCCC=Cc1ccc2c[nH]c(=O)cc2c1. The van der Waals surface area contributed by atoms with Gasteiger partial charge in [-0.25, -0.2) is 0 Å². The Bertz CT molecular complexity index is 681. The van der Waals surface area contributed by atoms with Crippen LogP contribution in [0.5, 0.6) is 0 Å². The number of azide groups is 1. The topological polar surface area (TPSA) is 81.6 Å². The lowest BCUT2D eigenvalue weighted by Gasteiger charge is -1.98. The quantitative estimate of drug-likeness (QED) is 0.378. The van der Waals surface area contributed by atoms with Crippen LogP contribution in [0.1, 0.15) is 12.0 Å². The van der Waals surface area contributed by atoms with Gasteiger partial charge < -0.3 is 4.98 Å². The highest BCUT2D eigenvalue weighted by Crippen LogP contribution is 2.14. The first-order valence-corrected chi connectivity index (χ1v) is 5.59. The van der Waals surface area contributed by atoms with Crippen molar-refractivity contribution in [1.82, 2.24) is 4.98 Å². The van der Waals surface area contributed by atoms with Gasteiger partial charge in [0, 0.05) is 23.7 Å². The molecule has 1 aromatic heterocycles. The summed E-state index contributed by atoms with van der Waals surface area (Å²) in [4.78, 5) is 16.5. The molecule has 0 bridgehead atoms. The highest BCUT2D eigenvalue weighted by atomic mass is 16.1. The number of benzene rings is 1. The van der Waals surface area contributed by atoms with E-state index in [9.17, 15) is 4.79 Å². The van der Waals surface area contributed by atoms with Gasteiger partial charge in [-0.15, -0.1) is 0 Å². The number of hydrogen-bond acceptors (Lipinski definition) is 2. The molecule has 1 aromatic carbocycles. The fourth-order valence-electron chi connectivity index (χ4n) is 1.68. The van der Waals surface area contributed by atoms with Crippen LogP contribution >= 0.6 is 0 Å². The number of H-pyrrole nitrogens is 1. The lowest BCUT2D eigenvalue weighted by atomic mass is 10.1. The Labute approximate surface area is 103 Å². The van der Waals surface area contributed by atoms with Crippen LogP contribution in [0.3, 0.4) is 0 Å². The summed E-state index contributed by atoms with van der Waals surface area (Å²) in [7, 11) is 0. The van der Waals surface area contributed by atoms with Crippen LogP contribution in [-0.4, -0.2) is 11.5 Å². The van der Waals surface area contributed by atoms with Crippen molar-refractivity contribution >= 4 is 16.8 Å². The molecule has 5 heteroatoms. The van der Waals surface area contributed by atoms with Gasteiger partial charge in [-0.1, -0.05) is 29.4 Å². The summed E-state index contributed by atoms with van der Waals surface area (Å²) in [6, 6.07) is 7.46. The molecule has 5 nitrogen and oxygen atoms in total. The fourth-order valence-corrected chi connectivity index (χ4v) is 1.68. The third kappa shape index (κ3) is 2.99. The first-order valence-electron chi connectivity index (χ1n) is 5.59. The van der Waals surface area contributed by atoms with Crippen LogP contribution in [0.4, 0.5) is 0 Å². The number of nitrogens with one attached hydrogen (secondary N) is 1. The van der Waals surface area contributed by atoms with Gasteiger partial charge in [0.15, 0.2) is 0 Å². The Kier molecular flexibility index (Phi) is 3.79. The molecular formula is C13H12N4O. The molecule has 2 aromatic rings. The lowest BCUT2D eigenvalue weighted by Crippen LogP contribution is -2.01. The Morgan fingerprint density at radius 1 is 1.33 bits per heavy atom. The number of fused-ring (bicyclic) bond motifs is 1. The number of aromatic nitrogens is 1. The van der Waals surface area contributed by atoms with Gasteiger partial charge in [0.2, 0.25) is 5.56 Å². The van der Waals surface area contributed by atoms with E-state index in [1.165, 1.54) is 0 Å². The van der Waals surface area contributed by atoms with Gasteiger partial charge in [0.1, 0.15) is 0 Å². The second-order valence-corrected chi connectivity index (χ2v) is 3.83. The normalized spacial score (nSPS) is 10.7. The molecule has 0 aliphatic carbocycles. The van der Waals surface area contributed by atoms with E-state index in [0.717, 1.165) is 16.3 Å². The van der Waals surface area contributed by atoms with E-state index in [0.29, 0.717) is 13.0 Å². The Morgan fingerprint density at radius 3 is 3.06 bits per heavy atom. The third-order valence-electron chi connectivity index (χ3n) is 2.54. The molecule has 0 aliphatic heterocycles. The average molecular weight is 240 g/mol. The van der Waals surface area contributed by atoms with Crippen LogP contribution < -0.4 is 5.56 Å². The van der Waals surface area contributed by atoms with E-state index in [2.05, 4.69) is 15.0 Å². The first-order chi connectivity index (χ1) is 8.79. The predicted octanol–water partition coefficient (Wildman–Crippen LogP) is 3.24. The van der Waals surface area contributed by atoms with Crippen molar-refractivity contribution in [2.24, 2.45) is 5.11 Å². The maximum Gasteiger partial charge on any atom is 0.248 e. The largest absolute Gasteiger partial charge is 0.328 e. The molecule has 1 N–H and O–H groups in total. The summed E-state index contributed by atoms with van der Waals surface area (Å²) < 4.78 is 0. The van der Waals surface area contributed by atoms with Crippen molar-refractivity contribution in [3.05, 3.63) is 62.9 Å². The number of pyridine rings is 1. The summed E-state index contributed by atoms with van der Waals surface area (Å²) >= 11 is 0. The van der Waals surface area contributed by atoms with Gasteiger partial charge in [0.05, 0.1) is 0 Å². The highest BCUT2D eigenvalue weighted by Gasteiger charge is 1.94. The second-order valence-electron chi connectivity index (χ2n) is 3.83. The smallest absolute Gasteiger partial charge is 0.248 e. The standard InChI is InChI=1S/C13H12N4O/c14-17-16-6-2-1-3-10-4-5-11-9-15-13(18)8-12(11)7-10/h1,3-5,7-9H,2,6H2,(H,15,18). The van der Waals surface area contributed by atoms with Gasteiger partial charge >= 0.3 is 0 Å². The van der Waals surface area contributed by atoms with Crippen LogP contribution in [0, 0.1) is 0 Å². The number of rotatable bonds is 4. The van der Waals surface area contributed by atoms with Crippen molar-refractivity contribution in [3.63, 3.8) is 0 Å². The van der Waals surface area contributed by atoms with E-state index >= 15 is 0 Å². The van der Waals surface area contributed by atoms with Crippen molar-refractivity contribution in [1.29, 1.82) is 0 Å². The molecule has 18 heavy (non-hydrogen) atoms. The van der Waals surface area contributed by atoms with Gasteiger partial charge in [0.25, 0.3) is 0 Å². The highest BCUT2D eigenvalue weighted by molar-refractivity contribution is 5.83. The summed E-state index contributed by atoms with van der Waals surface area (Å²) in [5, 5.41) is 5.36. The molecule has 0 unspecified atom stereocenters. The zero-order chi connectivity index (χ0) is 12.8. The first kappa shape index (κ1) is 12.0. The number of aromatic amines is 1. The van der Waals surface area contributed by atoms with E-state index in [-0.39, 0.29) is 5.56 Å². The fraction of sp³-hybridized carbons (Fsp3) is 0.154. The zero-order valence-corrected chi connectivity index (χ0v) is 9.71. The number of hydrogen-bond donors (Lipinski definition) is 1. The minimum Gasteiger partial charge on any atom is -0.328 e. The van der Waals surface area contributed by atoms with Crippen LogP contribution in [-0.2, 0) is 0 Å². The van der Waals surface area contributed by atoms with Crippen LogP contribution in [0.25, 0.3) is 27.3 Å². The molecule has 0 radical (unpaired) electrons. The van der Waals surface area contributed by atoms with Crippen molar-refractivity contribution < 1.29 is 0 Å². The molecule has 2 rings (SSSR count). The molecule has 90 valence electrons. The van der Waals surface area contributed by atoms with Crippen molar-refractivity contribution in [2.75, 3.05) is 6.54 Å². The van der Waals surface area contributed by atoms with E-state index in [1.54, 1.807) is 12.3 Å². The summed E-state index contributed by atoms with van der Waals surface area (Å²) in [6.07, 6.45) is 6.31. The molecule has 0 atom stereocenters. The lowest BCUT2D eigenvalue weighted by molar-refractivity contribution is 0.996. The molecule has 0 spiro atoms. The molecule has 0 amide bonds. The van der Waals surface area contributed by atoms with Crippen molar-refractivity contribution in [2.45, 2.75) is 6.42 Å². The third-order valence-corrected chi connectivity index (χ3v) is 2.54. The van der Waals surface area contributed by atoms with E-state index in [1.807, 2.05) is 30.4 Å². The monoisotopic (exact) mass is 240 g/mol. The minimum absolute atomic E-state index is 0.105.